The first kappa shape index (κ1) is 19.6. The summed E-state index contributed by atoms with van der Waals surface area (Å²) >= 11 is 0. The van der Waals surface area contributed by atoms with Crippen LogP contribution in [-0.2, 0) is 4.79 Å². The summed E-state index contributed by atoms with van der Waals surface area (Å²) in [7, 11) is 0. The Labute approximate surface area is 155 Å². The van der Waals surface area contributed by atoms with Crippen molar-refractivity contribution in [1.82, 2.24) is 0 Å². The molecule has 1 unspecified atom stereocenters. The lowest BCUT2D eigenvalue weighted by atomic mass is 10.2. The molecule has 0 aliphatic carbocycles. The van der Waals surface area contributed by atoms with Crippen LogP contribution < -0.4 is 20.1 Å². The number of amides is 1. The Morgan fingerprint density at radius 2 is 1.81 bits per heavy atom. The number of ether oxygens (including phenoxy) is 2. The van der Waals surface area contributed by atoms with Crippen molar-refractivity contribution in [3.8, 4) is 11.5 Å². The lowest BCUT2D eigenvalue weighted by Crippen LogP contribution is -2.21. The highest BCUT2D eigenvalue weighted by Gasteiger charge is 2.05. The Hall–Kier alpha value is -2.69. The molecule has 0 saturated heterocycles. The quantitative estimate of drug-likeness (QED) is 0.648. The topological polar surface area (TPSA) is 59.6 Å². The highest BCUT2D eigenvalue weighted by atomic mass is 16.5. The number of carbonyl (C=O) groups is 1. The number of hydrogen-bond donors (Lipinski definition) is 2. The lowest BCUT2D eigenvalue weighted by Gasteiger charge is -2.13. The van der Waals surface area contributed by atoms with Crippen LogP contribution in [0.5, 0.6) is 11.5 Å². The van der Waals surface area contributed by atoms with Crippen molar-refractivity contribution in [2.45, 2.75) is 39.7 Å². The molecule has 2 rings (SSSR count). The Kier molecular flexibility index (Phi) is 7.80. The van der Waals surface area contributed by atoms with Crippen molar-refractivity contribution in [2.75, 3.05) is 23.8 Å². The summed E-state index contributed by atoms with van der Waals surface area (Å²) in [5, 5.41) is 5.98. The third kappa shape index (κ3) is 6.67. The number of nitrogens with one attached hydrogen (secondary N) is 2. The van der Waals surface area contributed by atoms with E-state index < -0.39 is 0 Å². The van der Waals surface area contributed by atoms with Gasteiger partial charge in [-0.25, -0.2) is 0 Å². The molecule has 5 heteroatoms. The molecule has 26 heavy (non-hydrogen) atoms. The van der Waals surface area contributed by atoms with Crippen LogP contribution in [0.4, 0.5) is 11.4 Å². The van der Waals surface area contributed by atoms with Crippen LogP contribution in [0.3, 0.4) is 0 Å². The van der Waals surface area contributed by atoms with E-state index in [0.717, 1.165) is 35.7 Å². The molecule has 0 aliphatic rings. The highest BCUT2D eigenvalue weighted by Crippen LogP contribution is 2.19. The van der Waals surface area contributed by atoms with Gasteiger partial charge in [-0.1, -0.05) is 19.9 Å². The molecule has 140 valence electrons. The summed E-state index contributed by atoms with van der Waals surface area (Å²) in [5.41, 5.74) is 1.60. The molecule has 0 heterocycles. The van der Waals surface area contributed by atoms with E-state index in [9.17, 15) is 4.79 Å². The van der Waals surface area contributed by atoms with Gasteiger partial charge in [0.25, 0.3) is 0 Å². The fourth-order valence-corrected chi connectivity index (χ4v) is 2.24. The normalized spacial score (nSPS) is 11.5. The summed E-state index contributed by atoms with van der Waals surface area (Å²) in [6.45, 7) is 7.04. The molecule has 1 amide bonds. The Morgan fingerprint density at radius 1 is 1.04 bits per heavy atom. The zero-order valence-corrected chi connectivity index (χ0v) is 15.7. The van der Waals surface area contributed by atoms with Crippen LogP contribution in [0, 0.1) is 0 Å². The second-order valence-electron chi connectivity index (χ2n) is 6.14. The van der Waals surface area contributed by atoms with Gasteiger partial charge in [0, 0.05) is 17.4 Å². The summed E-state index contributed by atoms with van der Waals surface area (Å²) < 4.78 is 11.3. The molecule has 0 fully saturated rings. The van der Waals surface area contributed by atoms with Gasteiger partial charge in [-0.05, 0) is 56.2 Å². The minimum atomic E-state index is -0.111. The second-order valence-corrected chi connectivity index (χ2v) is 6.14. The third-order valence-electron chi connectivity index (χ3n) is 3.81. The molecule has 2 aromatic rings. The van der Waals surface area contributed by atoms with Gasteiger partial charge in [0.1, 0.15) is 11.5 Å². The van der Waals surface area contributed by atoms with Gasteiger partial charge in [0.05, 0.1) is 19.3 Å². The van der Waals surface area contributed by atoms with Crippen LogP contribution in [0.2, 0.25) is 0 Å². The number of hydrogen-bond acceptors (Lipinski definition) is 4. The first-order valence-electron chi connectivity index (χ1n) is 9.14. The zero-order chi connectivity index (χ0) is 18.8. The van der Waals surface area contributed by atoms with Crippen LogP contribution in [0.15, 0.2) is 48.5 Å². The van der Waals surface area contributed by atoms with Crippen LogP contribution in [0.1, 0.15) is 33.6 Å². The predicted octanol–water partition coefficient (Wildman–Crippen LogP) is 4.70. The fourth-order valence-electron chi connectivity index (χ4n) is 2.24. The van der Waals surface area contributed by atoms with Crippen LogP contribution >= 0.6 is 0 Å². The molecule has 0 saturated carbocycles. The van der Waals surface area contributed by atoms with E-state index in [4.69, 9.17) is 9.47 Å². The number of carbonyl (C=O) groups excluding carboxylic acids is 1. The molecule has 0 aliphatic heterocycles. The van der Waals surface area contributed by atoms with Crippen molar-refractivity contribution < 1.29 is 14.3 Å². The minimum Gasteiger partial charge on any atom is -0.494 e. The average molecular weight is 356 g/mol. The molecule has 0 aromatic heterocycles. The Balaban J connectivity index is 1.81. The van der Waals surface area contributed by atoms with Gasteiger partial charge in [-0.15, -0.1) is 0 Å². The monoisotopic (exact) mass is 356 g/mol. The smallest absolute Gasteiger partial charge is 0.243 e. The molecular formula is C21H28N2O3. The van der Waals surface area contributed by atoms with E-state index in [1.165, 1.54) is 0 Å². The maximum Gasteiger partial charge on any atom is 0.243 e. The van der Waals surface area contributed by atoms with E-state index in [1.807, 2.05) is 55.5 Å². The zero-order valence-electron chi connectivity index (χ0n) is 15.7. The number of rotatable bonds is 10. The van der Waals surface area contributed by atoms with Gasteiger partial charge >= 0.3 is 0 Å². The average Bonchev–Trinajstić information content (AvgIpc) is 2.66. The highest BCUT2D eigenvalue weighted by molar-refractivity contribution is 5.93. The second kappa shape index (κ2) is 10.3. The van der Waals surface area contributed by atoms with E-state index in [2.05, 4.69) is 24.5 Å². The predicted molar refractivity (Wildman–Crippen MR) is 106 cm³/mol. The van der Waals surface area contributed by atoms with Gasteiger partial charge in [0.15, 0.2) is 0 Å². The Morgan fingerprint density at radius 3 is 2.50 bits per heavy atom. The third-order valence-corrected chi connectivity index (χ3v) is 3.81. The van der Waals surface area contributed by atoms with Crippen molar-refractivity contribution in [3.05, 3.63) is 48.5 Å². The molecule has 1 atom stereocenters. The summed E-state index contributed by atoms with van der Waals surface area (Å²) in [6.07, 6.45) is 2.09. The van der Waals surface area contributed by atoms with E-state index in [-0.39, 0.29) is 18.6 Å². The number of benzene rings is 2. The van der Waals surface area contributed by atoms with Gasteiger partial charge in [-0.2, -0.15) is 0 Å². The van der Waals surface area contributed by atoms with Crippen molar-refractivity contribution in [1.29, 1.82) is 0 Å². The van der Waals surface area contributed by atoms with E-state index in [0.29, 0.717) is 6.61 Å². The maximum absolute atomic E-state index is 12.1. The first-order chi connectivity index (χ1) is 12.6. The summed E-state index contributed by atoms with van der Waals surface area (Å²) in [4.78, 5) is 12.1. The SMILES string of the molecule is CCCOc1cccc(NCC(=O)Nc2ccc(OC(C)CC)cc2)c1. The van der Waals surface area contributed by atoms with E-state index >= 15 is 0 Å². The van der Waals surface area contributed by atoms with Crippen LogP contribution in [-0.4, -0.2) is 25.2 Å². The molecule has 2 aromatic carbocycles. The molecule has 0 bridgehead atoms. The summed E-state index contributed by atoms with van der Waals surface area (Å²) in [5.74, 6) is 1.49. The van der Waals surface area contributed by atoms with Crippen LogP contribution in [0.25, 0.3) is 0 Å². The maximum atomic E-state index is 12.1. The first-order valence-corrected chi connectivity index (χ1v) is 9.14. The Bertz CT molecular complexity index is 686. The molecule has 2 N–H and O–H groups in total. The largest absolute Gasteiger partial charge is 0.494 e. The number of anilines is 2. The molecule has 5 nitrogen and oxygen atoms in total. The standard InChI is InChI=1S/C21H28N2O3/c1-4-13-25-20-8-6-7-18(14-20)22-15-21(24)23-17-9-11-19(12-10-17)26-16(3)5-2/h6-12,14,16,22H,4-5,13,15H2,1-3H3,(H,23,24). The molecule has 0 radical (unpaired) electrons. The van der Waals surface area contributed by atoms with Crippen molar-refractivity contribution in [2.24, 2.45) is 0 Å². The fraction of sp³-hybridized carbons (Fsp3) is 0.381. The minimum absolute atomic E-state index is 0.111. The van der Waals surface area contributed by atoms with Crippen molar-refractivity contribution >= 4 is 17.3 Å². The molecular weight excluding hydrogens is 328 g/mol. The summed E-state index contributed by atoms with van der Waals surface area (Å²) in [6, 6.07) is 15.0. The van der Waals surface area contributed by atoms with Gasteiger partial charge in [0.2, 0.25) is 5.91 Å². The van der Waals surface area contributed by atoms with Crippen molar-refractivity contribution in [3.63, 3.8) is 0 Å². The van der Waals surface area contributed by atoms with Gasteiger partial charge < -0.3 is 20.1 Å². The van der Waals surface area contributed by atoms with E-state index in [1.54, 1.807) is 0 Å². The molecule has 0 spiro atoms. The lowest BCUT2D eigenvalue weighted by molar-refractivity contribution is -0.114. The van der Waals surface area contributed by atoms with Gasteiger partial charge in [-0.3, -0.25) is 4.79 Å².